The van der Waals surface area contributed by atoms with Gasteiger partial charge in [0.25, 0.3) is 0 Å². The Hall–Kier alpha value is -0.520. The summed E-state index contributed by atoms with van der Waals surface area (Å²) in [6.07, 6.45) is 21.3. The molecule has 1 spiro atoms. The zero-order valence-corrected chi connectivity index (χ0v) is 12.9. The van der Waals surface area contributed by atoms with Gasteiger partial charge in [0, 0.05) is 0 Å². The number of fused-ring (bicyclic) bond motifs is 4. The van der Waals surface area contributed by atoms with Crippen molar-refractivity contribution in [2.75, 3.05) is 0 Å². The van der Waals surface area contributed by atoms with E-state index in [1.165, 1.54) is 25.7 Å². The van der Waals surface area contributed by atoms with E-state index in [1.54, 1.807) is 37.7 Å². The van der Waals surface area contributed by atoms with Crippen molar-refractivity contribution in [1.29, 1.82) is 0 Å². The monoisotopic (exact) mass is 268 g/mol. The van der Waals surface area contributed by atoms with Gasteiger partial charge < -0.3 is 0 Å². The second kappa shape index (κ2) is 3.81. The van der Waals surface area contributed by atoms with E-state index < -0.39 is 0 Å². The highest BCUT2D eigenvalue weighted by molar-refractivity contribution is 5.35. The lowest BCUT2D eigenvalue weighted by Gasteiger charge is -2.60. The summed E-state index contributed by atoms with van der Waals surface area (Å²) in [5, 5.41) is 0. The molecule has 0 amide bonds. The molecule has 3 saturated carbocycles. The Morgan fingerprint density at radius 2 is 1.90 bits per heavy atom. The summed E-state index contributed by atoms with van der Waals surface area (Å²) < 4.78 is 0. The highest BCUT2D eigenvalue weighted by Crippen LogP contribution is 2.71. The van der Waals surface area contributed by atoms with Crippen molar-refractivity contribution in [2.24, 2.45) is 34.5 Å². The molecule has 0 radical (unpaired) electrons. The third kappa shape index (κ3) is 1.26. The topological polar surface area (TPSA) is 0 Å². The van der Waals surface area contributed by atoms with Crippen LogP contribution in [0.4, 0.5) is 0 Å². The lowest BCUT2D eigenvalue weighted by Crippen LogP contribution is -2.52. The van der Waals surface area contributed by atoms with E-state index in [2.05, 4.69) is 25.2 Å². The Labute approximate surface area is 123 Å². The van der Waals surface area contributed by atoms with E-state index in [4.69, 9.17) is 0 Å². The normalized spacial score (nSPS) is 56.0. The molecule has 0 aromatic carbocycles. The van der Waals surface area contributed by atoms with Gasteiger partial charge in [-0.05, 0) is 97.9 Å². The van der Waals surface area contributed by atoms with E-state index in [0.717, 1.165) is 29.1 Å². The summed E-state index contributed by atoms with van der Waals surface area (Å²) in [5.41, 5.74) is 3.04. The minimum absolute atomic E-state index is 0.529. The molecular formula is C20H28. The zero-order chi connectivity index (χ0) is 13.4. The van der Waals surface area contributed by atoms with Crippen molar-refractivity contribution in [3.05, 3.63) is 23.8 Å². The van der Waals surface area contributed by atoms with Gasteiger partial charge in [0.15, 0.2) is 0 Å². The number of rotatable bonds is 0. The second-order valence-electron chi connectivity index (χ2n) is 8.70. The first-order valence-electron chi connectivity index (χ1n) is 9.13. The van der Waals surface area contributed by atoms with Gasteiger partial charge in [0.05, 0.1) is 0 Å². The number of allylic oxidation sites excluding steroid dienone is 4. The molecular weight excluding hydrogens is 240 g/mol. The van der Waals surface area contributed by atoms with Crippen LogP contribution in [0.5, 0.6) is 0 Å². The van der Waals surface area contributed by atoms with Crippen molar-refractivity contribution >= 4 is 0 Å². The maximum atomic E-state index is 2.66. The predicted octanol–water partition coefficient (Wildman–Crippen LogP) is 5.51. The maximum absolute atomic E-state index is 2.66. The molecule has 5 aliphatic carbocycles. The smallest absolute Gasteiger partial charge is 0.00445 e. The fourth-order valence-corrected chi connectivity index (χ4v) is 7.28. The summed E-state index contributed by atoms with van der Waals surface area (Å²) >= 11 is 0. The van der Waals surface area contributed by atoms with Gasteiger partial charge in [-0.3, -0.25) is 0 Å². The first-order valence-corrected chi connectivity index (χ1v) is 9.13. The molecule has 0 aliphatic heterocycles. The van der Waals surface area contributed by atoms with Gasteiger partial charge in [0.1, 0.15) is 0 Å². The van der Waals surface area contributed by atoms with Crippen LogP contribution in [-0.2, 0) is 0 Å². The maximum Gasteiger partial charge on any atom is -0.00445 e. The van der Waals surface area contributed by atoms with Crippen molar-refractivity contribution in [3.63, 3.8) is 0 Å². The Morgan fingerprint density at radius 1 is 1.00 bits per heavy atom. The van der Waals surface area contributed by atoms with Crippen LogP contribution in [0.2, 0.25) is 0 Å². The third-order valence-electron chi connectivity index (χ3n) is 8.43. The molecule has 3 unspecified atom stereocenters. The summed E-state index contributed by atoms with van der Waals surface area (Å²) in [7, 11) is 0. The molecule has 0 N–H and O–H groups in total. The number of hydrogen-bond donors (Lipinski definition) is 0. The molecule has 108 valence electrons. The van der Waals surface area contributed by atoms with Crippen LogP contribution in [0.15, 0.2) is 23.8 Å². The largest absolute Gasteiger partial charge is 0.0808 e. The zero-order valence-electron chi connectivity index (χ0n) is 12.9. The van der Waals surface area contributed by atoms with Crippen molar-refractivity contribution in [3.8, 4) is 0 Å². The standard InChI is InChI=1S/C20H28/c1-19-11-3-2-4-14(19)5-7-16-17(19)10-13-20-12-9-15(20)6-8-18(16)20/h4-5,7,15-18H,2-3,6,8-13H2,1H3/t15-,16?,17?,18?,19+,20-/m1/s1. The fraction of sp³-hybridized carbons (Fsp3) is 0.800. The van der Waals surface area contributed by atoms with Crippen LogP contribution < -0.4 is 0 Å². The molecule has 5 aliphatic rings. The van der Waals surface area contributed by atoms with E-state index >= 15 is 0 Å². The van der Waals surface area contributed by atoms with Crippen molar-refractivity contribution in [2.45, 2.75) is 64.7 Å². The lowest BCUT2D eigenvalue weighted by molar-refractivity contribution is -0.0773. The third-order valence-corrected chi connectivity index (χ3v) is 8.43. The van der Waals surface area contributed by atoms with Crippen LogP contribution in [-0.4, -0.2) is 0 Å². The Bertz CT molecular complexity index is 498. The average molecular weight is 268 g/mol. The second-order valence-corrected chi connectivity index (χ2v) is 8.70. The minimum atomic E-state index is 0.529. The van der Waals surface area contributed by atoms with Crippen LogP contribution in [0, 0.1) is 34.5 Å². The van der Waals surface area contributed by atoms with E-state index in [1.807, 2.05) is 0 Å². The SMILES string of the molecule is C[C@]12CCCC=C1C=CC1C3CC[C@@H]4CC[C@]34CCC12. The summed E-state index contributed by atoms with van der Waals surface area (Å²) in [5.74, 6) is 4.07. The van der Waals surface area contributed by atoms with E-state index in [9.17, 15) is 0 Å². The van der Waals surface area contributed by atoms with Crippen molar-refractivity contribution < 1.29 is 0 Å². The molecule has 0 bridgehead atoms. The fourth-order valence-electron chi connectivity index (χ4n) is 7.28. The van der Waals surface area contributed by atoms with Gasteiger partial charge in [0.2, 0.25) is 0 Å². The van der Waals surface area contributed by atoms with Gasteiger partial charge in [-0.1, -0.05) is 25.2 Å². The van der Waals surface area contributed by atoms with Crippen LogP contribution >= 0.6 is 0 Å². The van der Waals surface area contributed by atoms with E-state index in [-0.39, 0.29) is 0 Å². The highest BCUT2D eigenvalue weighted by Gasteiger charge is 2.62. The summed E-state index contributed by atoms with van der Waals surface area (Å²) in [6, 6.07) is 0. The molecule has 20 heavy (non-hydrogen) atoms. The first-order chi connectivity index (χ1) is 9.74. The van der Waals surface area contributed by atoms with Gasteiger partial charge >= 0.3 is 0 Å². The average Bonchev–Trinajstić information content (AvgIpc) is 2.70. The highest BCUT2D eigenvalue weighted by atomic mass is 14.7. The molecule has 0 aromatic rings. The molecule has 0 aromatic heterocycles. The predicted molar refractivity (Wildman–Crippen MR) is 83.3 cm³/mol. The van der Waals surface area contributed by atoms with E-state index in [0.29, 0.717) is 5.41 Å². The van der Waals surface area contributed by atoms with Crippen LogP contribution in [0.3, 0.4) is 0 Å². The molecule has 0 nitrogen and oxygen atoms in total. The Kier molecular flexibility index (Phi) is 2.30. The molecule has 0 heterocycles. The Morgan fingerprint density at radius 3 is 2.75 bits per heavy atom. The molecule has 5 rings (SSSR count). The van der Waals surface area contributed by atoms with Gasteiger partial charge in [-0.2, -0.15) is 0 Å². The molecule has 3 fully saturated rings. The molecule has 6 atom stereocenters. The molecule has 0 heteroatoms. The lowest BCUT2D eigenvalue weighted by atomic mass is 9.44. The van der Waals surface area contributed by atoms with Crippen molar-refractivity contribution in [1.82, 2.24) is 0 Å². The van der Waals surface area contributed by atoms with Gasteiger partial charge in [-0.25, -0.2) is 0 Å². The summed E-state index contributed by atoms with van der Waals surface area (Å²) in [4.78, 5) is 0. The number of hydrogen-bond acceptors (Lipinski definition) is 0. The van der Waals surface area contributed by atoms with Crippen LogP contribution in [0.25, 0.3) is 0 Å². The van der Waals surface area contributed by atoms with Gasteiger partial charge in [-0.15, -0.1) is 0 Å². The summed E-state index contributed by atoms with van der Waals surface area (Å²) in [6.45, 7) is 2.60. The Balaban J connectivity index is 1.56. The first kappa shape index (κ1) is 12.1. The quantitative estimate of drug-likeness (QED) is 0.544. The molecule has 0 saturated heterocycles. The van der Waals surface area contributed by atoms with Crippen LogP contribution in [0.1, 0.15) is 64.7 Å². The minimum Gasteiger partial charge on any atom is -0.0808 e.